The van der Waals surface area contributed by atoms with E-state index in [1.165, 1.54) is 10.4 Å². The third-order valence-corrected chi connectivity index (χ3v) is 8.27. The maximum absolute atomic E-state index is 14.0. The Morgan fingerprint density at radius 2 is 1.61 bits per heavy atom. The average molecular weight is 476 g/mol. The van der Waals surface area contributed by atoms with Crippen molar-refractivity contribution in [2.75, 3.05) is 50.8 Å². The van der Waals surface area contributed by atoms with Crippen LogP contribution in [0.15, 0.2) is 53.4 Å². The average Bonchev–Trinajstić information content (AvgIpc) is 2.85. The van der Waals surface area contributed by atoms with Gasteiger partial charge in [-0.1, -0.05) is 12.1 Å². The van der Waals surface area contributed by atoms with Crippen LogP contribution in [-0.2, 0) is 14.8 Å². The summed E-state index contributed by atoms with van der Waals surface area (Å²) in [5.74, 6) is 0.271. The number of benzene rings is 2. The highest BCUT2D eigenvalue weighted by Gasteiger charge is 2.34. The molecule has 0 unspecified atom stereocenters. The molecule has 0 aromatic heterocycles. The number of carbonyl (C=O) groups excluding carboxylic acids is 1. The summed E-state index contributed by atoms with van der Waals surface area (Å²) in [6, 6.07) is 13.1. The lowest BCUT2D eigenvalue weighted by molar-refractivity contribution is -0.137. The lowest BCUT2D eigenvalue weighted by Crippen LogP contribution is -2.52. The van der Waals surface area contributed by atoms with E-state index in [1.807, 2.05) is 22.8 Å². The van der Waals surface area contributed by atoms with Gasteiger partial charge in [0, 0.05) is 45.2 Å². The first kappa shape index (κ1) is 23.5. The van der Waals surface area contributed by atoms with Crippen molar-refractivity contribution in [2.45, 2.75) is 24.7 Å². The van der Waals surface area contributed by atoms with Gasteiger partial charge in [-0.2, -0.15) is 4.31 Å². The van der Waals surface area contributed by atoms with Crippen LogP contribution in [0.3, 0.4) is 0 Å². The molecule has 2 aliphatic heterocycles. The Morgan fingerprint density at radius 1 is 0.970 bits per heavy atom. The minimum Gasteiger partial charge on any atom is -0.494 e. The predicted octanol–water partition coefficient (Wildman–Crippen LogP) is 2.97. The molecule has 2 aromatic carbocycles. The highest BCUT2D eigenvalue weighted by molar-refractivity contribution is 7.89. The number of para-hydroxylation sites is 1. The van der Waals surface area contributed by atoms with Crippen LogP contribution in [0.1, 0.15) is 19.8 Å². The van der Waals surface area contributed by atoms with Crippen molar-refractivity contribution in [3.05, 3.63) is 54.3 Å². The fourth-order valence-electron chi connectivity index (χ4n) is 4.50. The molecule has 1 amide bonds. The number of sulfonamides is 1. The molecule has 0 N–H and O–H groups in total. The molecule has 2 aliphatic rings. The summed E-state index contributed by atoms with van der Waals surface area (Å²) in [7, 11) is -3.60. The maximum Gasteiger partial charge on any atom is 0.243 e. The van der Waals surface area contributed by atoms with Crippen LogP contribution in [0.25, 0.3) is 0 Å². The van der Waals surface area contributed by atoms with E-state index in [1.54, 1.807) is 36.4 Å². The second kappa shape index (κ2) is 10.1. The normalized spacial score (nSPS) is 18.4. The minimum atomic E-state index is -3.60. The number of anilines is 1. The van der Waals surface area contributed by atoms with Gasteiger partial charge in [0.1, 0.15) is 11.6 Å². The molecule has 9 heteroatoms. The monoisotopic (exact) mass is 475 g/mol. The van der Waals surface area contributed by atoms with E-state index in [2.05, 4.69) is 0 Å². The van der Waals surface area contributed by atoms with E-state index in [-0.39, 0.29) is 22.5 Å². The summed E-state index contributed by atoms with van der Waals surface area (Å²) in [5.41, 5.74) is 0.567. The van der Waals surface area contributed by atoms with E-state index in [9.17, 15) is 17.6 Å². The molecular formula is C24H30FN3O4S. The molecule has 2 fully saturated rings. The number of nitrogens with zero attached hydrogens (tertiary/aromatic N) is 3. The Bertz CT molecular complexity index is 1060. The second-order valence-corrected chi connectivity index (χ2v) is 10.3. The maximum atomic E-state index is 14.0. The van der Waals surface area contributed by atoms with E-state index >= 15 is 0 Å². The summed E-state index contributed by atoms with van der Waals surface area (Å²) >= 11 is 0. The van der Waals surface area contributed by atoms with Crippen LogP contribution in [-0.4, -0.2) is 69.4 Å². The fourth-order valence-corrected chi connectivity index (χ4v) is 5.97. The number of piperidine rings is 1. The Balaban J connectivity index is 1.30. The molecule has 0 radical (unpaired) electrons. The van der Waals surface area contributed by atoms with Crippen LogP contribution in [0.4, 0.5) is 10.1 Å². The number of amides is 1. The van der Waals surface area contributed by atoms with Gasteiger partial charge in [-0.25, -0.2) is 12.8 Å². The summed E-state index contributed by atoms with van der Waals surface area (Å²) in [6.45, 7) is 5.28. The Labute approximate surface area is 194 Å². The van der Waals surface area contributed by atoms with Crippen LogP contribution < -0.4 is 9.64 Å². The Hall–Kier alpha value is -2.65. The zero-order valence-corrected chi connectivity index (χ0v) is 19.6. The van der Waals surface area contributed by atoms with Crippen molar-refractivity contribution in [1.82, 2.24) is 9.21 Å². The van der Waals surface area contributed by atoms with Gasteiger partial charge < -0.3 is 14.5 Å². The molecule has 7 nitrogen and oxygen atoms in total. The molecule has 0 atom stereocenters. The summed E-state index contributed by atoms with van der Waals surface area (Å²) in [6.07, 6.45) is 1.01. The molecule has 0 saturated carbocycles. The van der Waals surface area contributed by atoms with Crippen LogP contribution in [0, 0.1) is 11.7 Å². The number of ether oxygens (including phenoxy) is 1. The zero-order valence-electron chi connectivity index (χ0n) is 18.8. The minimum absolute atomic E-state index is 0.0706. The number of hydrogen-bond donors (Lipinski definition) is 0. The smallest absolute Gasteiger partial charge is 0.243 e. The number of hydrogen-bond acceptors (Lipinski definition) is 5. The molecule has 2 heterocycles. The van der Waals surface area contributed by atoms with Crippen molar-refractivity contribution in [3.8, 4) is 5.75 Å². The number of carbonyl (C=O) groups is 1. The van der Waals surface area contributed by atoms with Crippen molar-refractivity contribution in [1.29, 1.82) is 0 Å². The summed E-state index contributed by atoms with van der Waals surface area (Å²) in [4.78, 5) is 17.1. The quantitative estimate of drug-likeness (QED) is 0.643. The van der Waals surface area contributed by atoms with Crippen LogP contribution in [0.2, 0.25) is 0 Å². The van der Waals surface area contributed by atoms with Gasteiger partial charge >= 0.3 is 0 Å². The van der Waals surface area contributed by atoms with E-state index in [0.717, 1.165) is 0 Å². The van der Waals surface area contributed by atoms with E-state index in [0.29, 0.717) is 70.2 Å². The molecule has 178 valence electrons. The van der Waals surface area contributed by atoms with Crippen LogP contribution >= 0.6 is 0 Å². The molecular weight excluding hydrogens is 445 g/mol. The van der Waals surface area contributed by atoms with Crippen molar-refractivity contribution < 1.29 is 22.3 Å². The van der Waals surface area contributed by atoms with Gasteiger partial charge in [-0.15, -0.1) is 0 Å². The zero-order chi connectivity index (χ0) is 23.4. The van der Waals surface area contributed by atoms with Crippen molar-refractivity contribution in [3.63, 3.8) is 0 Å². The molecule has 2 saturated heterocycles. The van der Waals surface area contributed by atoms with Gasteiger partial charge in [0.05, 0.1) is 17.2 Å². The van der Waals surface area contributed by atoms with Crippen LogP contribution in [0.5, 0.6) is 5.75 Å². The number of piperazine rings is 1. The lowest BCUT2D eigenvalue weighted by Gasteiger charge is -2.39. The summed E-state index contributed by atoms with van der Waals surface area (Å²) in [5, 5.41) is 0. The van der Waals surface area contributed by atoms with Crippen molar-refractivity contribution >= 4 is 21.6 Å². The molecule has 33 heavy (non-hydrogen) atoms. The molecule has 0 bridgehead atoms. The second-order valence-electron chi connectivity index (χ2n) is 8.35. The number of rotatable bonds is 6. The van der Waals surface area contributed by atoms with Gasteiger partial charge in [-0.3, -0.25) is 4.79 Å². The van der Waals surface area contributed by atoms with Gasteiger partial charge in [0.2, 0.25) is 15.9 Å². The third-order valence-electron chi connectivity index (χ3n) is 6.36. The predicted molar refractivity (Wildman–Crippen MR) is 124 cm³/mol. The van der Waals surface area contributed by atoms with E-state index < -0.39 is 10.0 Å². The van der Waals surface area contributed by atoms with Gasteiger partial charge in [-0.05, 0) is 56.2 Å². The largest absolute Gasteiger partial charge is 0.494 e. The molecule has 4 rings (SSSR count). The highest BCUT2D eigenvalue weighted by atomic mass is 32.2. The topological polar surface area (TPSA) is 70.2 Å². The lowest BCUT2D eigenvalue weighted by atomic mass is 9.96. The third kappa shape index (κ3) is 5.14. The first-order valence-corrected chi connectivity index (χ1v) is 12.9. The first-order chi connectivity index (χ1) is 15.9. The molecule has 0 aliphatic carbocycles. The molecule has 0 spiro atoms. The van der Waals surface area contributed by atoms with E-state index in [4.69, 9.17) is 4.74 Å². The van der Waals surface area contributed by atoms with Gasteiger partial charge in [0.25, 0.3) is 0 Å². The number of halogens is 1. The molecule has 2 aromatic rings. The summed E-state index contributed by atoms with van der Waals surface area (Å²) < 4.78 is 46.9. The van der Waals surface area contributed by atoms with Gasteiger partial charge in [0.15, 0.2) is 0 Å². The standard InChI is InChI=1S/C24H30FN3O4S/c1-2-32-20-7-9-21(10-8-20)33(30,31)28-13-11-19(12-14-28)24(29)27-17-15-26(16-18-27)23-6-4-3-5-22(23)25/h3-10,19H,2,11-18H2,1H3. The first-order valence-electron chi connectivity index (χ1n) is 11.4. The fraction of sp³-hybridized carbons (Fsp3) is 0.458. The SMILES string of the molecule is CCOc1ccc(S(=O)(=O)N2CCC(C(=O)N3CCN(c4ccccc4F)CC3)CC2)cc1. The highest BCUT2D eigenvalue weighted by Crippen LogP contribution is 2.27. The Kier molecular flexibility index (Phi) is 7.19. The van der Waals surface area contributed by atoms with Crippen molar-refractivity contribution in [2.24, 2.45) is 5.92 Å². The Morgan fingerprint density at radius 3 is 2.21 bits per heavy atom.